The van der Waals surface area contributed by atoms with Crippen LogP contribution >= 0.6 is 0 Å². The van der Waals surface area contributed by atoms with Crippen molar-refractivity contribution >= 4 is 32.7 Å². The fraction of sp³-hybridized carbons (Fsp3) is 0.0909. The molecule has 7 nitrogen and oxygen atoms in total. The SMILES string of the molecule is CN(CC(=O)Nc1ccc(F)cc1F)S(=O)(=O)c1ccc2nc(-c3ccccc3)[nH]c2c1. The maximum absolute atomic E-state index is 13.7. The van der Waals surface area contributed by atoms with Gasteiger partial charge in [0.25, 0.3) is 0 Å². The summed E-state index contributed by atoms with van der Waals surface area (Å²) in [5.74, 6) is -1.91. The molecule has 4 aromatic rings. The number of rotatable bonds is 6. The molecule has 0 aliphatic heterocycles. The van der Waals surface area contributed by atoms with Gasteiger partial charge in [0.2, 0.25) is 15.9 Å². The van der Waals surface area contributed by atoms with E-state index in [0.29, 0.717) is 22.9 Å². The molecule has 0 saturated heterocycles. The number of benzene rings is 3. The highest BCUT2D eigenvalue weighted by molar-refractivity contribution is 7.89. The van der Waals surface area contributed by atoms with Crippen LogP contribution in [0.25, 0.3) is 22.4 Å². The Bertz CT molecular complexity index is 1410. The molecule has 0 spiro atoms. The molecule has 1 amide bonds. The summed E-state index contributed by atoms with van der Waals surface area (Å²) in [5, 5.41) is 2.24. The van der Waals surface area contributed by atoms with Gasteiger partial charge in [-0.15, -0.1) is 0 Å². The minimum atomic E-state index is -4.02. The van der Waals surface area contributed by atoms with Gasteiger partial charge in [-0.3, -0.25) is 4.79 Å². The van der Waals surface area contributed by atoms with Gasteiger partial charge in [-0.1, -0.05) is 30.3 Å². The number of carbonyl (C=O) groups is 1. The van der Waals surface area contributed by atoms with E-state index in [1.54, 1.807) is 6.07 Å². The Kier molecular flexibility index (Phi) is 5.72. The van der Waals surface area contributed by atoms with Crippen molar-refractivity contribution in [1.82, 2.24) is 14.3 Å². The van der Waals surface area contributed by atoms with E-state index in [-0.39, 0.29) is 10.6 Å². The molecule has 3 aromatic carbocycles. The predicted molar refractivity (Wildman–Crippen MR) is 116 cm³/mol. The average Bonchev–Trinajstić information content (AvgIpc) is 3.20. The van der Waals surface area contributed by atoms with E-state index in [1.165, 1.54) is 19.2 Å². The molecular formula is C22H18F2N4O3S. The Morgan fingerprint density at radius 1 is 1.06 bits per heavy atom. The number of anilines is 1. The Morgan fingerprint density at radius 2 is 1.81 bits per heavy atom. The van der Waals surface area contributed by atoms with Crippen LogP contribution in [0.4, 0.5) is 14.5 Å². The Morgan fingerprint density at radius 3 is 2.53 bits per heavy atom. The van der Waals surface area contributed by atoms with E-state index in [9.17, 15) is 22.0 Å². The van der Waals surface area contributed by atoms with Crippen molar-refractivity contribution in [2.75, 3.05) is 18.9 Å². The van der Waals surface area contributed by atoms with Crippen molar-refractivity contribution in [3.8, 4) is 11.4 Å². The molecule has 1 aromatic heterocycles. The molecule has 164 valence electrons. The Hall–Kier alpha value is -3.63. The molecule has 2 N–H and O–H groups in total. The van der Waals surface area contributed by atoms with Crippen LogP contribution in [-0.4, -0.2) is 42.2 Å². The smallest absolute Gasteiger partial charge is 0.243 e. The first-order valence-electron chi connectivity index (χ1n) is 9.50. The van der Waals surface area contributed by atoms with Crippen molar-refractivity contribution in [2.24, 2.45) is 0 Å². The molecule has 4 rings (SSSR count). The molecule has 0 radical (unpaired) electrons. The number of hydrogen-bond acceptors (Lipinski definition) is 4. The zero-order chi connectivity index (χ0) is 22.9. The summed E-state index contributed by atoms with van der Waals surface area (Å²) in [5.41, 5.74) is 1.73. The van der Waals surface area contributed by atoms with Crippen LogP contribution in [0.15, 0.2) is 71.6 Å². The molecule has 0 atom stereocenters. The lowest BCUT2D eigenvalue weighted by Gasteiger charge is -2.17. The number of halogens is 2. The minimum Gasteiger partial charge on any atom is -0.338 e. The Balaban J connectivity index is 1.53. The van der Waals surface area contributed by atoms with Gasteiger partial charge in [-0.05, 0) is 30.3 Å². The van der Waals surface area contributed by atoms with Gasteiger partial charge in [0, 0.05) is 18.7 Å². The highest BCUT2D eigenvalue weighted by Gasteiger charge is 2.24. The lowest BCUT2D eigenvalue weighted by atomic mass is 10.2. The summed E-state index contributed by atoms with van der Waals surface area (Å²) in [6, 6.07) is 16.5. The lowest BCUT2D eigenvalue weighted by Crippen LogP contribution is -2.35. The summed E-state index contributed by atoms with van der Waals surface area (Å²) in [4.78, 5) is 19.8. The van der Waals surface area contributed by atoms with Gasteiger partial charge in [0.1, 0.15) is 17.5 Å². The molecule has 0 fully saturated rings. The number of fused-ring (bicyclic) bond motifs is 1. The normalized spacial score (nSPS) is 11.8. The second-order valence-corrected chi connectivity index (χ2v) is 9.11. The fourth-order valence-corrected chi connectivity index (χ4v) is 4.28. The van der Waals surface area contributed by atoms with E-state index in [4.69, 9.17) is 0 Å². The minimum absolute atomic E-state index is 0.0310. The first-order valence-corrected chi connectivity index (χ1v) is 10.9. The summed E-state index contributed by atoms with van der Waals surface area (Å²) >= 11 is 0. The van der Waals surface area contributed by atoms with Gasteiger partial charge in [0.05, 0.1) is 28.2 Å². The molecule has 0 saturated carbocycles. The molecule has 0 unspecified atom stereocenters. The highest BCUT2D eigenvalue weighted by atomic mass is 32.2. The standard InChI is InChI=1S/C22H18F2N4O3S/c1-28(13-21(29)25-18-9-7-15(23)11-17(18)24)32(30,31)16-8-10-19-20(12-16)27-22(26-19)14-5-3-2-4-6-14/h2-12H,13H2,1H3,(H,25,29)(H,26,27). The Labute approximate surface area is 182 Å². The van der Waals surface area contributed by atoms with Gasteiger partial charge in [-0.2, -0.15) is 4.31 Å². The number of sulfonamides is 1. The van der Waals surface area contributed by atoms with Crippen LogP contribution in [-0.2, 0) is 14.8 Å². The quantitative estimate of drug-likeness (QED) is 0.462. The van der Waals surface area contributed by atoms with Crippen LogP contribution in [0.3, 0.4) is 0 Å². The van der Waals surface area contributed by atoms with Gasteiger partial charge < -0.3 is 10.3 Å². The van der Waals surface area contributed by atoms with Crippen molar-refractivity contribution in [3.63, 3.8) is 0 Å². The first kappa shape index (κ1) is 21.6. The number of H-pyrrole nitrogens is 1. The fourth-order valence-electron chi connectivity index (χ4n) is 3.13. The van der Waals surface area contributed by atoms with Crippen LogP contribution in [0.2, 0.25) is 0 Å². The molecule has 0 aliphatic carbocycles. The van der Waals surface area contributed by atoms with Crippen molar-refractivity contribution in [3.05, 3.63) is 78.4 Å². The molecule has 10 heteroatoms. The second kappa shape index (κ2) is 8.48. The number of aromatic amines is 1. The van der Waals surface area contributed by atoms with Gasteiger partial charge in [0.15, 0.2) is 0 Å². The molecule has 0 aliphatic rings. The number of nitrogens with one attached hydrogen (secondary N) is 2. The largest absolute Gasteiger partial charge is 0.338 e. The highest BCUT2D eigenvalue weighted by Crippen LogP contribution is 2.24. The van der Waals surface area contributed by atoms with Crippen LogP contribution < -0.4 is 5.32 Å². The zero-order valence-electron chi connectivity index (χ0n) is 16.8. The van der Waals surface area contributed by atoms with E-state index < -0.39 is 34.1 Å². The number of likely N-dealkylation sites (N-methyl/N-ethyl adjacent to an activating group) is 1. The number of hydrogen-bond donors (Lipinski definition) is 2. The molecular weight excluding hydrogens is 438 g/mol. The maximum Gasteiger partial charge on any atom is 0.243 e. The second-order valence-electron chi connectivity index (χ2n) is 7.06. The third kappa shape index (κ3) is 4.36. The van der Waals surface area contributed by atoms with Crippen molar-refractivity contribution in [1.29, 1.82) is 0 Å². The van der Waals surface area contributed by atoms with Crippen LogP contribution in [0.1, 0.15) is 0 Å². The average molecular weight is 456 g/mol. The summed E-state index contributed by atoms with van der Waals surface area (Å²) in [6.45, 7) is -0.560. The number of amides is 1. The molecule has 1 heterocycles. The van der Waals surface area contributed by atoms with Crippen molar-refractivity contribution < 1.29 is 22.0 Å². The number of imidazole rings is 1. The van der Waals surface area contributed by atoms with Crippen LogP contribution in [0.5, 0.6) is 0 Å². The van der Waals surface area contributed by atoms with Crippen molar-refractivity contribution in [2.45, 2.75) is 4.90 Å². The van der Waals surface area contributed by atoms with E-state index in [2.05, 4.69) is 15.3 Å². The first-order chi connectivity index (χ1) is 15.2. The lowest BCUT2D eigenvalue weighted by molar-refractivity contribution is -0.116. The van der Waals surface area contributed by atoms with Crippen LogP contribution in [0, 0.1) is 11.6 Å². The van der Waals surface area contributed by atoms with Gasteiger partial charge in [-0.25, -0.2) is 22.2 Å². The maximum atomic E-state index is 13.7. The number of nitrogens with zero attached hydrogens (tertiary/aromatic N) is 2. The predicted octanol–water partition coefficient (Wildman–Crippen LogP) is 3.77. The molecule has 32 heavy (non-hydrogen) atoms. The van der Waals surface area contributed by atoms with E-state index in [1.807, 2.05) is 30.3 Å². The van der Waals surface area contributed by atoms with E-state index >= 15 is 0 Å². The number of carbonyl (C=O) groups excluding carboxylic acids is 1. The number of aromatic nitrogens is 2. The summed E-state index contributed by atoms with van der Waals surface area (Å²) in [7, 11) is -2.78. The topological polar surface area (TPSA) is 95.2 Å². The summed E-state index contributed by atoms with van der Waals surface area (Å²) in [6.07, 6.45) is 0. The third-order valence-electron chi connectivity index (χ3n) is 4.78. The monoisotopic (exact) mass is 456 g/mol. The third-order valence-corrected chi connectivity index (χ3v) is 6.58. The van der Waals surface area contributed by atoms with Gasteiger partial charge >= 0.3 is 0 Å². The summed E-state index contributed by atoms with van der Waals surface area (Å²) < 4.78 is 53.5. The molecule has 0 bridgehead atoms. The van der Waals surface area contributed by atoms with E-state index in [0.717, 1.165) is 22.0 Å². The zero-order valence-corrected chi connectivity index (χ0v) is 17.7.